The molecule has 2 rings (SSSR count). The molecule has 1 fully saturated rings. The maximum atomic E-state index is 12.3. The van der Waals surface area contributed by atoms with E-state index in [9.17, 15) is 18.3 Å². The molecule has 1 aromatic rings. The van der Waals surface area contributed by atoms with E-state index in [1.807, 2.05) is 0 Å². The molecule has 1 unspecified atom stereocenters. The summed E-state index contributed by atoms with van der Waals surface area (Å²) < 4.78 is 26.0. The summed E-state index contributed by atoms with van der Waals surface area (Å²) in [5.41, 5.74) is 0. The molecule has 1 aliphatic heterocycles. The number of sulfonamides is 1. The number of rotatable bonds is 4. The molecular weight excluding hydrogens is 290 g/mol. The number of carboxylic acid groups (broad SMARTS) is 1. The zero-order valence-corrected chi connectivity index (χ0v) is 11.8. The lowest BCUT2D eigenvalue weighted by Gasteiger charge is -2.28. The average molecular weight is 305 g/mol. The van der Waals surface area contributed by atoms with Crippen molar-refractivity contribution in [2.24, 2.45) is 0 Å². The van der Waals surface area contributed by atoms with Gasteiger partial charge in [0.25, 0.3) is 10.0 Å². The zero-order chi connectivity index (χ0) is 14.0. The van der Waals surface area contributed by atoms with Crippen LogP contribution in [0.3, 0.4) is 0 Å². The third-order valence-electron chi connectivity index (χ3n) is 2.92. The molecule has 0 saturated carbocycles. The first-order valence-electron chi connectivity index (χ1n) is 5.88. The number of carboxylic acids is 1. The molecule has 1 atom stereocenters. The standard InChI is InChI=1S/C11H15NO5S2/c13-8-2-1-5-12(7-8)19(16,17)11-4-3-9(18-11)6-10(14)15/h3-4,8,13H,1-2,5-7H2,(H,14,15). The molecule has 1 aromatic heterocycles. The summed E-state index contributed by atoms with van der Waals surface area (Å²) in [6.45, 7) is 0.500. The Balaban J connectivity index is 2.19. The molecule has 0 amide bonds. The minimum absolute atomic E-state index is 0.106. The van der Waals surface area contributed by atoms with Crippen LogP contribution in [0.5, 0.6) is 0 Å². The fourth-order valence-corrected chi connectivity index (χ4v) is 5.02. The number of hydrogen-bond acceptors (Lipinski definition) is 5. The topological polar surface area (TPSA) is 94.9 Å². The van der Waals surface area contributed by atoms with Crippen LogP contribution in [0, 0.1) is 0 Å². The highest BCUT2D eigenvalue weighted by Gasteiger charge is 2.30. The van der Waals surface area contributed by atoms with Gasteiger partial charge in [-0.2, -0.15) is 4.31 Å². The molecule has 1 saturated heterocycles. The number of piperidine rings is 1. The monoisotopic (exact) mass is 305 g/mol. The number of aliphatic carboxylic acids is 1. The minimum Gasteiger partial charge on any atom is -0.481 e. The number of carbonyl (C=O) groups is 1. The van der Waals surface area contributed by atoms with Gasteiger partial charge in [0.1, 0.15) is 4.21 Å². The largest absolute Gasteiger partial charge is 0.481 e. The van der Waals surface area contributed by atoms with E-state index in [-0.39, 0.29) is 17.2 Å². The maximum Gasteiger partial charge on any atom is 0.308 e. The quantitative estimate of drug-likeness (QED) is 0.845. The maximum absolute atomic E-state index is 12.3. The molecule has 8 heteroatoms. The predicted octanol–water partition coefficient (Wildman–Crippen LogP) is 0.521. The Hall–Kier alpha value is -0.960. The normalized spacial score (nSPS) is 21.4. The third-order valence-corrected chi connectivity index (χ3v) is 6.33. The van der Waals surface area contributed by atoms with E-state index in [0.29, 0.717) is 24.3 Å². The molecule has 0 radical (unpaired) electrons. The molecular formula is C11H15NO5S2. The summed E-state index contributed by atoms with van der Waals surface area (Å²) in [5, 5.41) is 18.2. The molecule has 0 aromatic carbocycles. The Labute approximate surface area is 115 Å². The van der Waals surface area contributed by atoms with Crippen molar-refractivity contribution in [2.45, 2.75) is 29.6 Å². The van der Waals surface area contributed by atoms with Crippen LogP contribution < -0.4 is 0 Å². The van der Waals surface area contributed by atoms with Gasteiger partial charge in [-0.3, -0.25) is 4.79 Å². The smallest absolute Gasteiger partial charge is 0.308 e. The van der Waals surface area contributed by atoms with Crippen LogP contribution >= 0.6 is 11.3 Å². The number of nitrogens with zero attached hydrogens (tertiary/aromatic N) is 1. The van der Waals surface area contributed by atoms with Crippen LogP contribution in [0.2, 0.25) is 0 Å². The molecule has 2 N–H and O–H groups in total. The number of aliphatic hydroxyl groups excluding tert-OH is 1. The van der Waals surface area contributed by atoms with Gasteiger partial charge in [-0.15, -0.1) is 11.3 Å². The van der Waals surface area contributed by atoms with Crippen LogP contribution in [0.1, 0.15) is 17.7 Å². The van der Waals surface area contributed by atoms with E-state index >= 15 is 0 Å². The molecule has 0 spiro atoms. The molecule has 0 bridgehead atoms. The number of thiophene rings is 1. The lowest BCUT2D eigenvalue weighted by Crippen LogP contribution is -2.41. The Morgan fingerprint density at radius 1 is 1.47 bits per heavy atom. The first-order chi connectivity index (χ1) is 8.89. The minimum atomic E-state index is -3.61. The van der Waals surface area contributed by atoms with Gasteiger partial charge in [-0.05, 0) is 25.0 Å². The van der Waals surface area contributed by atoms with Gasteiger partial charge >= 0.3 is 5.97 Å². The van der Waals surface area contributed by atoms with Gasteiger partial charge in [0, 0.05) is 18.0 Å². The molecule has 0 aliphatic carbocycles. The Bertz CT molecular complexity index is 565. The van der Waals surface area contributed by atoms with Gasteiger partial charge in [0.2, 0.25) is 0 Å². The fraction of sp³-hybridized carbons (Fsp3) is 0.545. The van der Waals surface area contributed by atoms with E-state index in [2.05, 4.69) is 0 Å². The van der Waals surface area contributed by atoms with Crippen LogP contribution in [-0.2, 0) is 21.2 Å². The van der Waals surface area contributed by atoms with Crippen molar-refractivity contribution >= 4 is 27.3 Å². The van der Waals surface area contributed by atoms with Crippen molar-refractivity contribution < 1.29 is 23.4 Å². The second kappa shape index (κ2) is 5.58. The van der Waals surface area contributed by atoms with Crippen LogP contribution in [-0.4, -0.2) is 48.1 Å². The zero-order valence-electron chi connectivity index (χ0n) is 10.2. The molecule has 6 nitrogen and oxygen atoms in total. The first-order valence-corrected chi connectivity index (χ1v) is 8.14. The van der Waals surface area contributed by atoms with Gasteiger partial charge in [0.15, 0.2) is 0 Å². The average Bonchev–Trinajstić information content (AvgIpc) is 2.77. The second-order valence-electron chi connectivity index (χ2n) is 4.45. The molecule has 106 valence electrons. The number of aliphatic hydroxyl groups is 1. The highest BCUT2D eigenvalue weighted by molar-refractivity contribution is 7.91. The van der Waals surface area contributed by atoms with Crippen molar-refractivity contribution in [3.05, 3.63) is 17.0 Å². The number of hydrogen-bond donors (Lipinski definition) is 2. The lowest BCUT2D eigenvalue weighted by atomic mass is 10.1. The molecule has 1 aliphatic rings. The Kier molecular flexibility index (Phi) is 4.24. The lowest BCUT2D eigenvalue weighted by molar-refractivity contribution is -0.136. The van der Waals surface area contributed by atoms with Crippen molar-refractivity contribution in [1.29, 1.82) is 0 Å². The van der Waals surface area contributed by atoms with Gasteiger partial charge < -0.3 is 10.2 Å². The van der Waals surface area contributed by atoms with Crippen molar-refractivity contribution in [1.82, 2.24) is 4.31 Å². The Morgan fingerprint density at radius 3 is 2.84 bits per heavy atom. The summed E-state index contributed by atoms with van der Waals surface area (Å²) >= 11 is 0.971. The summed E-state index contributed by atoms with van der Waals surface area (Å²) in [7, 11) is -3.61. The van der Waals surface area contributed by atoms with E-state index in [1.54, 1.807) is 0 Å². The van der Waals surface area contributed by atoms with E-state index in [0.717, 1.165) is 11.3 Å². The van der Waals surface area contributed by atoms with E-state index in [4.69, 9.17) is 5.11 Å². The van der Waals surface area contributed by atoms with Gasteiger partial charge in [0.05, 0.1) is 12.5 Å². The van der Waals surface area contributed by atoms with Gasteiger partial charge in [-0.25, -0.2) is 8.42 Å². The molecule has 2 heterocycles. The summed E-state index contributed by atoms with van der Waals surface area (Å²) in [6.07, 6.45) is 0.444. The van der Waals surface area contributed by atoms with E-state index < -0.39 is 22.1 Å². The SMILES string of the molecule is O=C(O)Cc1ccc(S(=O)(=O)N2CCCC(O)C2)s1. The summed E-state index contributed by atoms with van der Waals surface area (Å²) in [4.78, 5) is 11.1. The van der Waals surface area contributed by atoms with Crippen molar-refractivity contribution in [3.8, 4) is 0 Å². The highest BCUT2D eigenvalue weighted by Crippen LogP contribution is 2.27. The Morgan fingerprint density at radius 2 is 2.21 bits per heavy atom. The van der Waals surface area contributed by atoms with Crippen LogP contribution in [0.15, 0.2) is 16.3 Å². The van der Waals surface area contributed by atoms with Crippen molar-refractivity contribution in [2.75, 3.05) is 13.1 Å². The fourth-order valence-electron chi connectivity index (χ4n) is 2.01. The summed E-state index contributed by atoms with van der Waals surface area (Å²) in [5.74, 6) is -0.987. The number of β-amino-alcohol motifs (C(OH)–C–C–N with tert-alkyl or cyclic N) is 1. The predicted molar refractivity (Wildman–Crippen MR) is 69.7 cm³/mol. The first kappa shape index (κ1) is 14.4. The van der Waals surface area contributed by atoms with Crippen molar-refractivity contribution in [3.63, 3.8) is 0 Å². The summed E-state index contributed by atoms with van der Waals surface area (Å²) in [6, 6.07) is 2.95. The second-order valence-corrected chi connectivity index (χ2v) is 7.78. The highest BCUT2D eigenvalue weighted by atomic mass is 32.2. The van der Waals surface area contributed by atoms with E-state index in [1.165, 1.54) is 16.4 Å². The van der Waals surface area contributed by atoms with Crippen LogP contribution in [0.25, 0.3) is 0 Å². The molecule has 19 heavy (non-hydrogen) atoms. The van der Waals surface area contributed by atoms with Gasteiger partial charge in [-0.1, -0.05) is 0 Å². The third kappa shape index (κ3) is 3.33. The van der Waals surface area contributed by atoms with Crippen LogP contribution in [0.4, 0.5) is 0 Å².